The van der Waals surface area contributed by atoms with E-state index in [9.17, 15) is 13.2 Å². The first-order valence-corrected chi connectivity index (χ1v) is 11.7. The minimum Gasteiger partial charge on any atom is -0.486 e. The lowest BCUT2D eigenvalue weighted by Crippen LogP contribution is -2.30. The number of hydrogen-bond donors (Lipinski definition) is 1. The van der Waals surface area contributed by atoms with Crippen molar-refractivity contribution in [1.82, 2.24) is 10.3 Å². The Kier molecular flexibility index (Phi) is 5.58. The molecule has 2 heterocycles. The Morgan fingerprint density at radius 3 is 2.76 bits per heavy atom. The molecule has 1 amide bonds. The smallest absolute Gasteiger partial charge is 0.226 e. The Morgan fingerprint density at radius 1 is 1.21 bits per heavy atom. The van der Waals surface area contributed by atoms with Crippen molar-refractivity contribution in [3.05, 3.63) is 75.2 Å². The van der Waals surface area contributed by atoms with Crippen LogP contribution < -0.4 is 10.1 Å². The minimum atomic E-state index is -3.36. The summed E-state index contributed by atoms with van der Waals surface area (Å²) in [6.07, 6.45) is 0.0795. The summed E-state index contributed by atoms with van der Waals surface area (Å²) in [5, 5.41) is 6.00. The lowest BCUT2D eigenvalue weighted by Gasteiger charge is -2.12. The van der Waals surface area contributed by atoms with Gasteiger partial charge in [0, 0.05) is 10.4 Å². The number of carbonyl (C=O) groups excluding carboxylic acids is 1. The van der Waals surface area contributed by atoms with Crippen molar-refractivity contribution in [1.29, 1.82) is 0 Å². The second kappa shape index (κ2) is 8.14. The summed E-state index contributed by atoms with van der Waals surface area (Å²) in [7, 11) is -3.36. The molecule has 0 saturated heterocycles. The molecule has 6 nitrogen and oxygen atoms in total. The Morgan fingerprint density at radius 2 is 1.97 bits per heavy atom. The van der Waals surface area contributed by atoms with Gasteiger partial charge in [0.25, 0.3) is 0 Å². The first-order chi connectivity index (χ1) is 13.9. The highest BCUT2D eigenvalue weighted by atomic mass is 35.5. The largest absolute Gasteiger partial charge is 0.486 e. The molecular weight excluding hydrogens is 432 g/mol. The van der Waals surface area contributed by atoms with E-state index in [4.69, 9.17) is 16.3 Å². The molecule has 1 aliphatic rings. The number of nitrogens with one attached hydrogen (secondary N) is 1. The highest BCUT2D eigenvalue weighted by Crippen LogP contribution is 2.33. The lowest BCUT2D eigenvalue weighted by atomic mass is 10.1. The van der Waals surface area contributed by atoms with E-state index in [1.807, 2.05) is 0 Å². The molecule has 0 radical (unpaired) electrons. The predicted molar refractivity (Wildman–Crippen MR) is 111 cm³/mol. The third kappa shape index (κ3) is 4.60. The van der Waals surface area contributed by atoms with Crippen LogP contribution in [0.2, 0.25) is 5.02 Å². The van der Waals surface area contributed by atoms with E-state index in [0.717, 1.165) is 5.01 Å². The Labute approximate surface area is 177 Å². The molecule has 0 fully saturated rings. The van der Waals surface area contributed by atoms with Crippen LogP contribution in [0.1, 0.15) is 22.3 Å². The quantitative estimate of drug-likeness (QED) is 0.623. The third-order valence-corrected chi connectivity index (χ3v) is 7.40. The Balaban J connectivity index is 1.34. The number of ether oxygens (including phenoxy) is 1. The van der Waals surface area contributed by atoms with Gasteiger partial charge in [-0.25, -0.2) is 13.4 Å². The molecule has 150 valence electrons. The topological polar surface area (TPSA) is 85.4 Å². The van der Waals surface area contributed by atoms with Gasteiger partial charge in [0.1, 0.15) is 17.4 Å². The molecule has 0 aliphatic carbocycles. The van der Waals surface area contributed by atoms with Gasteiger partial charge < -0.3 is 10.1 Å². The highest BCUT2D eigenvalue weighted by molar-refractivity contribution is 7.91. The molecule has 9 heteroatoms. The second-order valence-corrected chi connectivity index (χ2v) is 9.97. The zero-order chi connectivity index (χ0) is 20.4. The molecule has 29 heavy (non-hydrogen) atoms. The van der Waals surface area contributed by atoms with Gasteiger partial charge in [-0.05, 0) is 35.9 Å². The molecular formula is C20H17ClN2O4S2. The van der Waals surface area contributed by atoms with Crippen LogP contribution in [0.3, 0.4) is 0 Å². The van der Waals surface area contributed by atoms with Crippen LogP contribution in [0.5, 0.6) is 5.75 Å². The van der Waals surface area contributed by atoms with Gasteiger partial charge >= 0.3 is 0 Å². The van der Waals surface area contributed by atoms with E-state index >= 15 is 0 Å². The van der Waals surface area contributed by atoms with Crippen molar-refractivity contribution in [2.75, 3.05) is 5.75 Å². The van der Waals surface area contributed by atoms with Crippen molar-refractivity contribution >= 4 is 38.7 Å². The summed E-state index contributed by atoms with van der Waals surface area (Å²) in [5.74, 6) is 0.303. The zero-order valence-electron chi connectivity index (χ0n) is 15.2. The molecule has 0 saturated carbocycles. The molecule has 2 aromatic carbocycles. The number of hydrogen-bond acceptors (Lipinski definition) is 6. The fraction of sp³-hybridized carbons (Fsp3) is 0.200. The number of fused-ring (bicyclic) bond motifs is 1. The predicted octanol–water partition coefficient (Wildman–Crippen LogP) is 3.56. The molecule has 1 aromatic heterocycles. The summed E-state index contributed by atoms with van der Waals surface area (Å²) in [6.45, 7) is 0.294. The van der Waals surface area contributed by atoms with Crippen molar-refractivity contribution < 1.29 is 17.9 Å². The second-order valence-electron chi connectivity index (χ2n) is 6.59. The van der Waals surface area contributed by atoms with Crippen LogP contribution in [-0.4, -0.2) is 25.1 Å². The van der Waals surface area contributed by atoms with E-state index in [2.05, 4.69) is 10.3 Å². The molecule has 0 unspecified atom stereocenters. The average molecular weight is 449 g/mol. The molecule has 1 aliphatic heterocycles. The van der Waals surface area contributed by atoms with Crippen molar-refractivity contribution in [2.24, 2.45) is 0 Å². The molecule has 1 N–H and O–H groups in total. The number of sulfone groups is 1. The average Bonchev–Trinajstić information content (AvgIpc) is 3.23. The maximum atomic E-state index is 12.4. The SMILES string of the molecule is O=C(Cc1csc(COc2ccc(Cl)cc2)n1)N[C@H]1CS(=O)(=O)c2ccccc21. The number of nitrogens with zero attached hydrogens (tertiary/aromatic N) is 1. The number of thiazole rings is 1. The molecule has 3 aromatic rings. The van der Waals surface area contributed by atoms with Crippen molar-refractivity contribution in [3.8, 4) is 5.75 Å². The van der Waals surface area contributed by atoms with E-state index in [1.54, 1.807) is 53.9 Å². The normalized spacial score (nSPS) is 16.9. The summed E-state index contributed by atoms with van der Waals surface area (Å²) >= 11 is 7.25. The molecule has 1 atom stereocenters. The first kappa shape index (κ1) is 19.9. The van der Waals surface area contributed by atoms with Gasteiger partial charge in [0.05, 0.1) is 28.8 Å². The van der Waals surface area contributed by atoms with Gasteiger partial charge in [-0.1, -0.05) is 29.8 Å². The maximum Gasteiger partial charge on any atom is 0.226 e. The monoisotopic (exact) mass is 448 g/mol. The fourth-order valence-corrected chi connectivity index (χ4v) is 5.72. The number of carbonyl (C=O) groups is 1. The van der Waals surface area contributed by atoms with Crippen LogP contribution in [0.25, 0.3) is 0 Å². The first-order valence-electron chi connectivity index (χ1n) is 8.83. The number of rotatable bonds is 6. The number of aromatic nitrogens is 1. The van der Waals surface area contributed by atoms with Gasteiger partial charge in [-0.15, -0.1) is 11.3 Å². The number of halogens is 1. The number of benzene rings is 2. The van der Waals surface area contributed by atoms with Crippen molar-refractivity contribution in [3.63, 3.8) is 0 Å². The molecule has 0 spiro atoms. The van der Waals surface area contributed by atoms with E-state index in [0.29, 0.717) is 33.5 Å². The van der Waals surface area contributed by atoms with Crippen LogP contribution in [0.4, 0.5) is 0 Å². The third-order valence-electron chi connectivity index (χ3n) is 4.47. The fourth-order valence-electron chi connectivity index (χ4n) is 3.15. The summed E-state index contributed by atoms with van der Waals surface area (Å²) < 4.78 is 30.1. The standard InChI is InChI=1S/C20H17ClN2O4S2/c21-13-5-7-15(8-6-13)27-10-20-22-14(11-28-20)9-19(24)23-17-12-29(25,26)18-4-2-1-3-16(17)18/h1-8,11,17H,9-10,12H2,(H,23,24)/t17-/m0/s1. The van der Waals surface area contributed by atoms with Crippen LogP contribution in [-0.2, 0) is 27.7 Å². The van der Waals surface area contributed by atoms with E-state index < -0.39 is 15.9 Å². The van der Waals surface area contributed by atoms with E-state index in [1.165, 1.54) is 11.3 Å². The Bertz CT molecular complexity index is 1140. The van der Waals surface area contributed by atoms with Crippen molar-refractivity contribution in [2.45, 2.75) is 24.0 Å². The number of amides is 1. The minimum absolute atomic E-state index is 0.0795. The van der Waals surface area contributed by atoms with E-state index in [-0.39, 0.29) is 18.1 Å². The van der Waals surface area contributed by atoms with Gasteiger partial charge in [0.2, 0.25) is 5.91 Å². The van der Waals surface area contributed by atoms with Crippen LogP contribution in [0, 0.1) is 0 Å². The summed E-state index contributed by atoms with van der Waals surface area (Å²) in [6, 6.07) is 13.3. The highest BCUT2D eigenvalue weighted by Gasteiger charge is 2.35. The summed E-state index contributed by atoms with van der Waals surface area (Å²) in [4.78, 5) is 17.1. The van der Waals surface area contributed by atoms with Crippen LogP contribution in [0.15, 0.2) is 58.8 Å². The summed E-state index contributed by atoms with van der Waals surface area (Å²) in [5.41, 5.74) is 1.26. The van der Waals surface area contributed by atoms with Crippen LogP contribution >= 0.6 is 22.9 Å². The van der Waals surface area contributed by atoms with Gasteiger partial charge in [-0.2, -0.15) is 0 Å². The molecule has 0 bridgehead atoms. The maximum absolute atomic E-state index is 12.4. The Hall–Kier alpha value is -2.42. The zero-order valence-corrected chi connectivity index (χ0v) is 17.6. The lowest BCUT2D eigenvalue weighted by molar-refractivity contribution is -0.121. The van der Waals surface area contributed by atoms with Gasteiger partial charge in [0.15, 0.2) is 9.84 Å². The molecule has 4 rings (SSSR count). The van der Waals surface area contributed by atoms with Gasteiger partial charge in [-0.3, -0.25) is 4.79 Å².